The van der Waals surface area contributed by atoms with Crippen LogP contribution in [0.3, 0.4) is 0 Å². The standard InChI is InChI=1S/C12H10N4O2S/c1-8-14-12(19-16-8)15-11(18)10-9(5-3-7-17)4-2-6-13-10/h2,4,6,17H,7H2,1H3,(H,14,15,16,18). The fourth-order valence-corrected chi connectivity index (χ4v) is 1.90. The monoisotopic (exact) mass is 274 g/mol. The fraction of sp³-hybridized carbons (Fsp3) is 0.167. The minimum absolute atomic E-state index is 0.191. The Bertz CT molecular complexity index is 657. The van der Waals surface area contributed by atoms with Gasteiger partial charge in [0, 0.05) is 17.7 Å². The molecule has 0 bridgehead atoms. The minimum atomic E-state index is -0.404. The average molecular weight is 274 g/mol. The van der Waals surface area contributed by atoms with Crippen LogP contribution in [0.1, 0.15) is 21.9 Å². The molecule has 7 heteroatoms. The maximum Gasteiger partial charge on any atom is 0.277 e. The van der Waals surface area contributed by atoms with Crippen molar-refractivity contribution in [3.05, 3.63) is 35.4 Å². The second kappa shape index (κ2) is 6.04. The predicted molar refractivity (Wildman–Crippen MR) is 70.8 cm³/mol. The average Bonchev–Trinajstić information content (AvgIpc) is 2.82. The van der Waals surface area contributed by atoms with Gasteiger partial charge in [0.1, 0.15) is 18.1 Å². The van der Waals surface area contributed by atoms with Crippen molar-refractivity contribution in [2.45, 2.75) is 6.92 Å². The van der Waals surface area contributed by atoms with Crippen molar-refractivity contribution in [2.75, 3.05) is 11.9 Å². The number of aryl methyl sites for hydroxylation is 1. The van der Waals surface area contributed by atoms with Gasteiger partial charge in [-0.15, -0.1) is 0 Å². The second-order valence-electron chi connectivity index (χ2n) is 3.46. The molecule has 2 aromatic rings. The summed E-state index contributed by atoms with van der Waals surface area (Å²) < 4.78 is 3.97. The van der Waals surface area contributed by atoms with Crippen molar-refractivity contribution in [1.29, 1.82) is 0 Å². The van der Waals surface area contributed by atoms with Crippen LogP contribution in [-0.2, 0) is 0 Å². The van der Waals surface area contributed by atoms with Crippen molar-refractivity contribution in [3.8, 4) is 11.8 Å². The predicted octanol–water partition coefficient (Wildman–Crippen LogP) is 0.838. The number of nitrogens with zero attached hydrogens (tertiary/aromatic N) is 3. The summed E-state index contributed by atoms with van der Waals surface area (Å²) in [6, 6.07) is 3.34. The van der Waals surface area contributed by atoms with Crippen molar-refractivity contribution < 1.29 is 9.90 Å². The fourth-order valence-electron chi connectivity index (χ4n) is 1.33. The van der Waals surface area contributed by atoms with E-state index in [1.807, 2.05) is 0 Å². The molecule has 0 aromatic carbocycles. The Morgan fingerprint density at radius 3 is 3.11 bits per heavy atom. The molecular formula is C12H10N4O2S. The maximum absolute atomic E-state index is 12.0. The van der Waals surface area contributed by atoms with Gasteiger partial charge in [-0.05, 0) is 19.1 Å². The zero-order valence-electron chi connectivity index (χ0n) is 10.0. The van der Waals surface area contributed by atoms with Crippen LogP contribution in [0.2, 0.25) is 0 Å². The zero-order chi connectivity index (χ0) is 13.7. The summed E-state index contributed by atoms with van der Waals surface area (Å²) in [5, 5.41) is 11.7. The quantitative estimate of drug-likeness (QED) is 0.792. The highest BCUT2D eigenvalue weighted by Crippen LogP contribution is 2.12. The van der Waals surface area contributed by atoms with Gasteiger partial charge in [-0.1, -0.05) is 11.8 Å². The molecule has 0 aliphatic heterocycles. The molecular weight excluding hydrogens is 264 g/mol. The van der Waals surface area contributed by atoms with E-state index in [9.17, 15) is 4.79 Å². The highest BCUT2D eigenvalue weighted by atomic mass is 32.1. The Hall–Kier alpha value is -2.30. The number of hydrogen-bond acceptors (Lipinski definition) is 6. The number of carbonyl (C=O) groups excluding carboxylic acids is 1. The summed E-state index contributed by atoms with van der Waals surface area (Å²) in [5.41, 5.74) is 0.645. The molecule has 0 spiro atoms. The number of rotatable bonds is 2. The molecule has 2 N–H and O–H groups in total. The van der Waals surface area contributed by atoms with E-state index in [2.05, 4.69) is 31.5 Å². The largest absolute Gasteiger partial charge is 0.384 e. The number of nitrogens with one attached hydrogen (secondary N) is 1. The van der Waals surface area contributed by atoms with Crippen LogP contribution in [0.5, 0.6) is 0 Å². The summed E-state index contributed by atoms with van der Waals surface area (Å²) in [6.07, 6.45) is 1.50. The van der Waals surface area contributed by atoms with E-state index in [0.29, 0.717) is 16.5 Å². The topological polar surface area (TPSA) is 88.0 Å². The van der Waals surface area contributed by atoms with Gasteiger partial charge in [0.15, 0.2) is 0 Å². The number of anilines is 1. The molecule has 0 unspecified atom stereocenters. The molecule has 0 atom stereocenters. The number of hydrogen-bond donors (Lipinski definition) is 2. The number of aromatic nitrogens is 3. The summed E-state index contributed by atoms with van der Waals surface area (Å²) in [6.45, 7) is 1.47. The first kappa shape index (κ1) is 13.1. The normalized spacial score (nSPS) is 9.58. The van der Waals surface area contributed by atoms with Gasteiger partial charge < -0.3 is 5.11 Å². The third-order valence-electron chi connectivity index (χ3n) is 2.07. The number of aliphatic hydroxyl groups excluding tert-OH is 1. The van der Waals surface area contributed by atoms with Gasteiger partial charge in [-0.25, -0.2) is 9.97 Å². The summed E-state index contributed by atoms with van der Waals surface area (Å²) in [5.74, 6) is 5.36. The number of carbonyl (C=O) groups is 1. The number of pyridine rings is 1. The van der Waals surface area contributed by atoms with Crippen LogP contribution in [-0.4, -0.2) is 32.0 Å². The first-order valence-electron chi connectivity index (χ1n) is 5.37. The third-order valence-corrected chi connectivity index (χ3v) is 2.79. The first-order chi connectivity index (χ1) is 9.20. The van der Waals surface area contributed by atoms with E-state index >= 15 is 0 Å². The molecule has 0 radical (unpaired) electrons. The van der Waals surface area contributed by atoms with E-state index in [-0.39, 0.29) is 12.3 Å². The molecule has 0 aliphatic carbocycles. The van der Waals surface area contributed by atoms with Crippen molar-refractivity contribution in [3.63, 3.8) is 0 Å². The molecule has 0 fully saturated rings. The molecule has 0 aliphatic rings. The Labute approximate surface area is 113 Å². The van der Waals surface area contributed by atoms with Gasteiger partial charge in [0.2, 0.25) is 5.13 Å². The lowest BCUT2D eigenvalue weighted by molar-refractivity contribution is 0.102. The van der Waals surface area contributed by atoms with Crippen LogP contribution < -0.4 is 5.32 Å². The maximum atomic E-state index is 12.0. The van der Waals surface area contributed by atoms with Gasteiger partial charge in [-0.3, -0.25) is 10.1 Å². The van der Waals surface area contributed by atoms with Crippen molar-refractivity contribution in [1.82, 2.24) is 14.3 Å². The molecule has 2 rings (SSSR count). The highest BCUT2D eigenvalue weighted by Gasteiger charge is 2.13. The first-order valence-corrected chi connectivity index (χ1v) is 6.14. The molecule has 1 amide bonds. The molecule has 96 valence electrons. The van der Waals surface area contributed by atoms with E-state index in [1.165, 1.54) is 6.20 Å². The molecule has 2 aromatic heterocycles. The number of aliphatic hydroxyl groups is 1. The van der Waals surface area contributed by atoms with Crippen LogP contribution in [0.4, 0.5) is 5.13 Å². The minimum Gasteiger partial charge on any atom is -0.384 e. The van der Waals surface area contributed by atoms with E-state index in [1.54, 1.807) is 19.1 Å². The lowest BCUT2D eigenvalue weighted by Gasteiger charge is -2.02. The van der Waals surface area contributed by atoms with Gasteiger partial charge in [0.25, 0.3) is 5.91 Å². The third kappa shape index (κ3) is 3.34. The zero-order valence-corrected chi connectivity index (χ0v) is 10.9. The molecule has 6 nitrogen and oxygen atoms in total. The van der Waals surface area contributed by atoms with Crippen LogP contribution in [0.15, 0.2) is 18.3 Å². The lowest BCUT2D eigenvalue weighted by atomic mass is 10.2. The van der Waals surface area contributed by atoms with E-state index in [0.717, 1.165) is 11.5 Å². The Balaban J connectivity index is 2.23. The summed E-state index contributed by atoms with van der Waals surface area (Å²) in [4.78, 5) is 20.1. The van der Waals surface area contributed by atoms with E-state index in [4.69, 9.17) is 5.11 Å². The van der Waals surface area contributed by atoms with Crippen molar-refractivity contribution in [2.24, 2.45) is 0 Å². The van der Waals surface area contributed by atoms with Gasteiger partial charge in [0.05, 0.1) is 5.56 Å². The van der Waals surface area contributed by atoms with E-state index < -0.39 is 5.91 Å². The van der Waals surface area contributed by atoms with Gasteiger partial charge >= 0.3 is 0 Å². The van der Waals surface area contributed by atoms with Crippen molar-refractivity contribution >= 4 is 22.6 Å². The Kier molecular flexibility index (Phi) is 4.18. The lowest BCUT2D eigenvalue weighted by Crippen LogP contribution is -2.15. The van der Waals surface area contributed by atoms with Crippen LogP contribution in [0, 0.1) is 18.8 Å². The van der Waals surface area contributed by atoms with Crippen LogP contribution in [0.25, 0.3) is 0 Å². The SMILES string of the molecule is Cc1nsc(NC(=O)c2ncccc2C#CCO)n1. The smallest absolute Gasteiger partial charge is 0.277 e. The van der Waals surface area contributed by atoms with Crippen LogP contribution >= 0.6 is 11.5 Å². The Morgan fingerprint density at radius 2 is 2.42 bits per heavy atom. The van der Waals surface area contributed by atoms with Gasteiger partial charge in [-0.2, -0.15) is 4.37 Å². The summed E-state index contributed by atoms with van der Waals surface area (Å²) in [7, 11) is 0. The molecule has 19 heavy (non-hydrogen) atoms. The second-order valence-corrected chi connectivity index (χ2v) is 4.21. The highest BCUT2D eigenvalue weighted by molar-refractivity contribution is 7.09. The Morgan fingerprint density at radius 1 is 1.58 bits per heavy atom. The molecule has 0 saturated carbocycles. The summed E-state index contributed by atoms with van der Waals surface area (Å²) >= 11 is 1.10. The number of amides is 1. The molecule has 2 heterocycles. The molecule has 0 saturated heterocycles.